The number of rotatable bonds is 4. The quantitative estimate of drug-likeness (QED) is 0.718. The zero-order chi connectivity index (χ0) is 22.2. The molecule has 1 aromatic carbocycles. The number of carbonyl (C=O) groups excluding carboxylic acids is 2. The van der Waals surface area contributed by atoms with Gasteiger partial charge in [-0.2, -0.15) is 0 Å². The van der Waals surface area contributed by atoms with Crippen LogP contribution in [0.1, 0.15) is 36.9 Å². The number of hydrogen-bond donors (Lipinski definition) is 2. The highest BCUT2D eigenvalue weighted by Gasteiger charge is 2.43. The molecule has 4 atom stereocenters. The summed E-state index contributed by atoms with van der Waals surface area (Å²) in [5.74, 6) is -0.429. The highest BCUT2D eigenvalue weighted by Crippen LogP contribution is 2.39. The molecule has 1 aromatic heterocycles. The fourth-order valence-electron chi connectivity index (χ4n) is 4.03. The third-order valence-corrected chi connectivity index (χ3v) is 9.44. The van der Waals surface area contributed by atoms with Gasteiger partial charge in [0.1, 0.15) is 16.9 Å². The SMILES string of the molecule is C[C@H]1C[C@H](NC(=O)[C@@H]2C[C@@H](O)CN2C(=O)OCc2ccccc2)c2ccsc2S1(=O)=O. The second-order valence-electron chi connectivity index (χ2n) is 7.91. The van der Waals surface area contributed by atoms with Crippen LogP contribution in [0.25, 0.3) is 0 Å². The number of likely N-dealkylation sites (tertiary alicyclic amines) is 1. The van der Waals surface area contributed by atoms with Crippen LogP contribution >= 0.6 is 11.3 Å². The van der Waals surface area contributed by atoms with Gasteiger partial charge >= 0.3 is 6.09 Å². The Balaban J connectivity index is 1.45. The number of aliphatic hydroxyl groups excluding tert-OH is 1. The smallest absolute Gasteiger partial charge is 0.410 e. The molecule has 1 fully saturated rings. The first-order valence-electron chi connectivity index (χ1n) is 10.0. The summed E-state index contributed by atoms with van der Waals surface area (Å²) in [6.07, 6.45) is -1.15. The van der Waals surface area contributed by atoms with Crippen molar-refractivity contribution in [1.29, 1.82) is 0 Å². The van der Waals surface area contributed by atoms with Crippen LogP contribution < -0.4 is 5.32 Å². The molecule has 4 rings (SSSR count). The van der Waals surface area contributed by atoms with Crippen LogP contribution in [-0.4, -0.2) is 54.4 Å². The van der Waals surface area contributed by atoms with Crippen molar-refractivity contribution in [2.45, 2.75) is 54.0 Å². The summed E-state index contributed by atoms with van der Waals surface area (Å²) in [4.78, 5) is 26.9. The van der Waals surface area contributed by atoms with Crippen LogP contribution in [0.3, 0.4) is 0 Å². The maximum atomic E-state index is 13.0. The fraction of sp³-hybridized carbons (Fsp3) is 0.429. The molecule has 2 aromatic rings. The number of nitrogens with one attached hydrogen (secondary N) is 1. The Labute approximate surface area is 184 Å². The van der Waals surface area contributed by atoms with Gasteiger partial charge in [0, 0.05) is 12.0 Å². The number of benzene rings is 1. The Kier molecular flexibility index (Phi) is 6.05. The van der Waals surface area contributed by atoms with Gasteiger partial charge in [-0.15, -0.1) is 11.3 Å². The van der Waals surface area contributed by atoms with Crippen LogP contribution in [0.15, 0.2) is 46.0 Å². The zero-order valence-corrected chi connectivity index (χ0v) is 18.6. The Hall–Kier alpha value is -2.43. The second-order valence-corrected chi connectivity index (χ2v) is 11.4. The lowest BCUT2D eigenvalue weighted by molar-refractivity contribution is -0.126. The number of nitrogens with zero attached hydrogens (tertiary/aromatic N) is 1. The van der Waals surface area contributed by atoms with Crippen LogP contribution in [0.4, 0.5) is 4.79 Å². The monoisotopic (exact) mass is 464 g/mol. The van der Waals surface area contributed by atoms with E-state index in [4.69, 9.17) is 4.74 Å². The van der Waals surface area contributed by atoms with E-state index >= 15 is 0 Å². The Morgan fingerprint density at radius 1 is 1.23 bits per heavy atom. The van der Waals surface area contributed by atoms with Gasteiger partial charge in [0.15, 0.2) is 9.84 Å². The molecule has 0 unspecified atom stereocenters. The van der Waals surface area contributed by atoms with Crippen molar-refractivity contribution >= 4 is 33.2 Å². The number of carbonyl (C=O) groups is 2. The number of thiophene rings is 1. The fourth-order valence-corrected chi connectivity index (χ4v) is 7.26. The summed E-state index contributed by atoms with van der Waals surface area (Å²) in [6, 6.07) is 9.55. The molecule has 0 spiro atoms. The molecule has 2 N–H and O–H groups in total. The largest absolute Gasteiger partial charge is 0.445 e. The van der Waals surface area contributed by atoms with Crippen LogP contribution in [-0.2, 0) is 26.0 Å². The van der Waals surface area contributed by atoms with Crippen LogP contribution in [0, 0.1) is 0 Å². The third-order valence-electron chi connectivity index (χ3n) is 5.73. The molecule has 31 heavy (non-hydrogen) atoms. The summed E-state index contributed by atoms with van der Waals surface area (Å²) in [7, 11) is -3.39. The zero-order valence-electron chi connectivity index (χ0n) is 16.9. The third kappa shape index (κ3) is 4.32. The Morgan fingerprint density at radius 3 is 2.71 bits per heavy atom. The van der Waals surface area contributed by atoms with Gasteiger partial charge in [0.05, 0.1) is 23.9 Å². The molecule has 0 radical (unpaired) electrons. The van der Waals surface area contributed by atoms with Gasteiger partial charge in [-0.25, -0.2) is 13.2 Å². The van der Waals surface area contributed by atoms with Gasteiger partial charge in [0.25, 0.3) is 0 Å². The first kappa shape index (κ1) is 21.8. The normalized spacial score (nSPS) is 26.8. The Morgan fingerprint density at radius 2 is 1.97 bits per heavy atom. The maximum absolute atomic E-state index is 13.0. The van der Waals surface area contributed by atoms with E-state index in [0.717, 1.165) is 16.9 Å². The predicted octanol–water partition coefficient (Wildman–Crippen LogP) is 2.24. The predicted molar refractivity (Wildman–Crippen MR) is 114 cm³/mol. The second kappa shape index (κ2) is 8.60. The molecule has 2 aliphatic rings. The molecule has 0 aliphatic carbocycles. The Bertz CT molecular complexity index is 1070. The minimum absolute atomic E-state index is 0.00482. The lowest BCUT2D eigenvalue weighted by Crippen LogP contribution is -2.48. The minimum atomic E-state index is -3.39. The van der Waals surface area contributed by atoms with Crippen molar-refractivity contribution in [3.8, 4) is 0 Å². The molecular formula is C21H24N2O6S2. The number of ether oxygens (including phenoxy) is 1. The van der Waals surface area contributed by atoms with Crippen molar-refractivity contribution in [3.05, 3.63) is 52.9 Å². The van der Waals surface area contributed by atoms with Crippen molar-refractivity contribution < 1.29 is 27.9 Å². The molecule has 3 heterocycles. The van der Waals surface area contributed by atoms with Crippen molar-refractivity contribution in [3.63, 3.8) is 0 Å². The van der Waals surface area contributed by atoms with E-state index < -0.39 is 45.3 Å². The summed E-state index contributed by atoms with van der Waals surface area (Å²) < 4.78 is 30.7. The highest BCUT2D eigenvalue weighted by molar-refractivity contribution is 7.94. The lowest BCUT2D eigenvalue weighted by atomic mass is 10.0. The standard InChI is InChI=1S/C21H24N2O6S2/c1-13-9-17(16-7-8-30-20(16)31(13,27)28)22-19(25)18-10-15(24)11-23(18)21(26)29-12-14-5-3-2-4-6-14/h2-8,13,15,17-18,24H,9-12H2,1H3,(H,22,25)/t13-,15+,17-,18-/m0/s1. The summed E-state index contributed by atoms with van der Waals surface area (Å²) >= 11 is 1.15. The summed E-state index contributed by atoms with van der Waals surface area (Å²) in [6.45, 7) is 1.70. The van der Waals surface area contributed by atoms with Crippen molar-refractivity contribution in [1.82, 2.24) is 10.2 Å². The van der Waals surface area contributed by atoms with E-state index in [1.165, 1.54) is 4.90 Å². The minimum Gasteiger partial charge on any atom is -0.445 e. The number of amides is 2. The first-order chi connectivity index (χ1) is 14.8. The lowest BCUT2D eigenvalue weighted by Gasteiger charge is -2.30. The average Bonchev–Trinajstić information content (AvgIpc) is 3.39. The molecule has 166 valence electrons. The number of aliphatic hydroxyl groups is 1. The van der Waals surface area contributed by atoms with Crippen molar-refractivity contribution in [2.75, 3.05) is 6.54 Å². The van der Waals surface area contributed by atoms with E-state index in [9.17, 15) is 23.1 Å². The van der Waals surface area contributed by atoms with Gasteiger partial charge in [-0.3, -0.25) is 9.69 Å². The number of hydrogen-bond acceptors (Lipinski definition) is 7. The van der Waals surface area contributed by atoms with Crippen LogP contribution in [0.5, 0.6) is 0 Å². The molecular weight excluding hydrogens is 440 g/mol. The molecule has 1 saturated heterocycles. The van der Waals surface area contributed by atoms with E-state index in [-0.39, 0.29) is 30.2 Å². The average molecular weight is 465 g/mol. The highest BCUT2D eigenvalue weighted by atomic mass is 32.2. The number of sulfone groups is 1. The molecule has 0 saturated carbocycles. The molecule has 8 nitrogen and oxygen atoms in total. The van der Waals surface area contributed by atoms with Gasteiger partial charge in [0.2, 0.25) is 5.91 Å². The first-order valence-corrected chi connectivity index (χ1v) is 12.5. The van der Waals surface area contributed by atoms with E-state index in [0.29, 0.717) is 5.56 Å². The van der Waals surface area contributed by atoms with Gasteiger partial charge in [-0.1, -0.05) is 30.3 Å². The summed E-state index contributed by atoms with van der Waals surface area (Å²) in [5, 5.41) is 14.1. The van der Waals surface area contributed by atoms with E-state index in [1.807, 2.05) is 30.3 Å². The molecule has 0 bridgehead atoms. The molecule has 2 aliphatic heterocycles. The topological polar surface area (TPSA) is 113 Å². The summed E-state index contributed by atoms with van der Waals surface area (Å²) in [5.41, 5.74) is 1.40. The maximum Gasteiger partial charge on any atom is 0.410 e. The van der Waals surface area contributed by atoms with Crippen LogP contribution in [0.2, 0.25) is 0 Å². The molecule has 10 heteroatoms. The van der Waals surface area contributed by atoms with E-state index in [1.54, 1.807) is 18.4 Å². The number of β-amino-alcohol motifs (C(OH)–C–C–N with tert-alkyl or cyclic N) is 1. The van der Waals surface area contributed by atoms with E-state index in [2.05, 4.69) is 5.32 Å². The number of fused-ring (bicyclic) bond motifs is 1. The van der Waals surface area contributed by atoms with Crippen molar-refractivity contribution in [2.24, 2.45) is 0 Å². The van der Waals surface area contributed by atoms with Gasteiger partial charge < -0.3 is 15.2 Å². The molecule has 2 amide bonds. The van der Waals surface area contributed by atoms with Gasteiger partial charge in [-0.05, 0) is 30.4 Å².